The van der Waals surface area contributed by atoms with E-state index in [1.807, 2.05) is 0 Å². The number of aliphatic carboxylic acids is 1. The van der Waals surface area contributed by atoms with Crippen molar-refractivity contribution in [1.29, 1.82) is 0 Å². The van der Waals surface area contributed by atoms with Crippen molar-refractivity contribution in [2.24, 2.45) is 0 Å². The Morgan fingerprint density at radius 2 is 0.941 bits per heavy atom. The zero-order valence-corrected chi connectivity index (χ0v) is 22.2. The highest BCUT2D eigenvalue weighted by molar-refractivity contribution is 5.90. The highest BCUT2D eigenvalue weighted by Gasteiger charge is 1.98. The van der Waals surface area contributed by atoms with Crippen molar-refractivity contribution in [3.8, 4) is 0 Å². The second-order valence-electron chi connectivity index (χ2n) is 9.61. The zero-order chi connectivity index (χ0) is 25.0. The summed E-state index contributed by atoms with van der Waals surface area (Å²) >= 11 is 0. The van der Waals surface area contributed by atoms with Crippen molar-refractivity contribution in [1.82, 2.24) is 0 Å². The van der Waals surface area contributed by atoms with Gasteiger partial charge in [0.25, 0.3) is 0 Å². The standard InChI is InChI=1S/C30H54O4/c1-2-3-4-5-6-7-8-9-10-11-12-13-14-15-16-17-18-19-20-21-22-23-24-25-28-34-30(33)27-26-29(31)32/h17-18,26-27H,2-16,19-25,28H2,1H3,(H,31,32)/b18-17-,27-26-. The maximum Gasteiger partial charge on any atom is 0.331 e. The Labute approximate surface area is 210 Å². The van der Waals surface area contributed by atoms with Crippen LogP contribution in [0.5, 0.6) is 0 Å². The van der Waals surface area contributed by atoms with Crippen LogP contribution in [0.15, 0.2) is 24.3 Å². The molecule has 0 aromatic rings. The van der Waals surface area contributed by atoms with Gasteiger partial charge in [-0.25, -0.2) is 9.59 Å². The van der Waals surface area contributed by atoms with Crippen molar-refractivity contribution >= 4 is 11.9 Å². The smallest absolute Gasteiger partial charge is 0.331 e. The van der Waals surface area contributed by atoms with Gasteiger partial charge in [-0.05, 0) is 32.1 Å². The van der Waals surface area contributed by atoms with Crippen molar-refractivity contribution in [3.63, 3.8) is 0 Å². The molecule has 1 N–H and O–H groups in total. The van der Waals surface area contributed by atoms with E-state index in [1.165, 1.54) is 122 Å². The van der Waals surface area contributed by atoms with E-state index in [-0.39, 0.29) is 0 Å². The van der Waals surface area contributed by atoms with Crippen LogP contribution in [0.4, 0.5) is 0 Å². The van der Waals surface area contributed by atoms with E-state index in [1.54, 1.807) is 0 Å². The lowest BCUT2D eigenvalue weighted by Crippen LogP contribution is -2.03. The van der Waals surface area contributed by atoms with Gasteiger partial charge in [-0.3, -0.25) is 0 Å². The van der Waals surface area contributed by atoms with Gasteiger partial charge in [0.05, 0.1) is 6.61 Å². The Hall–Kier alpha value is -1.58. The number of hydrogen-bond acceptors (Lipinski definition) is 3. The van der Waals surface area contributed by atoms with Crippen LogP contribution in [0, 0.1) is 0 Å². The average molecular weight is 479 g/mol. The summed E-state index contributed by atoms with van der Waals surface area (Å²) in [5.74, 6) is -1.72. The van der Waals surface area contributed by atoms with Crippen LogP contribution >= 0.6 is 0 Å². The first-order valence-electron chi connectivity index (χ1n) is 14.4. The fourth-order valence-corrected chi connectivity index (χ4v) is 4.12. The minimum Gasteiger partial charge on any atom is -0.478 e. The summed E-state index contributed by atoms with van der Waals surface area (Å²) < 4.78 is 4.94. The molecular weight excluding hydrogens is 424 g/mol. The van der Waals surface area contributed by atoms with Crippen LogP contribution < -0.4 is 0 Å². The quantitative estimate of drug-likeness (QED) is 0.0582. The summed E-state index contributed by atoms with van der Waals surface area (Å²) in [5, 5.41) is 8.43. The van der Waals surface area contributed by atoms with Crippen molar-refractivity contribution in [2.45, 2.75) is 148 Å². The van der Waals surface area contributed by atoms with Crippen molar-refractivity contribution in [2.75, 3.05) is 6.61 Å². The van der Waals surface area contributed by atoms with Crippen LogP contribution in [0.25, 0.3) is 0 Å². The lowest BCUT2D eigenvalue weighted by atomic mass is 10.0. The Balaban J connectivity index is 3.18. The number of rotatable bonds is 26. The predicted octanol–water partition coefficient (Wildman–Crippen LogP) is 9.33. The summed E-state index contributed by atoms with van der Waals surface area (Å²) in [5.41, 5.74) is 0. The number of carbonyl (C=O) groups excluding carboxylic acids is 1. The molecule has 0 bridgehead atoms. The molecule has 4 nitrogen and oxygen atoms in total. The second-order valence-corrected chi connectivity index (χ2v) is 9.61. The molecule has 0 heterocycles. The van der Waals surface area contributed by atoms with Crippen LogP contribution in [0.3, 0.4) is 0 Å². The topological polar surface area (TPSA) is 63.6 Å². The molecule has 198 valence electrons. The van der Waals surface area contributed by atoms with Crippen LogP contribution in [-0.2, 0) is 14.3 Å². The van der Waals surface area contributed by atoms with Gasteiger partial charge in [-0.15, -0.1) is 0 Å². The fraction of sp³-hybridized carbons (Fsp3) is 0.800. The largest absolute Gasteiger partial charge is 0.478 e. The summed E-state index contributed by atoms with van der Waals surface area (Å²) in [6.45, 7) is 2.65. The minimum atomic E-state index is -1.14. The molecular formula is C30H54O4. The van der Waals surface area contributed by atoms with Gasteiger partial charge in [-0.2, -0.15) is 0 Å². The van der Waals surface area contributed by atoms with E-state index in [2.05, 4.69) is 19.1 Å². The van der Waals surface area contributed by atoms with Gasteiger partial charge in [-0.1, -0.05) is 128 Å². The van der Waals surface area contributed by atoms with Crippen LogP contribution in [0.1, 0.15) is 148 Å². The second kappa shape index (κ2) is 27.7. The number of allylic oxidation sites excluding steroid dienone is 2. The Morgan fingerprint density at radius 1 is 0.559 bits per heavy atom. The lowest BCUT2D eigenvalue weighted by Gasteiger charge is -2.03. The number of unbranched alkanes of at least 4 members (excludes halogenated alkanes) is 20. The van der Waals surface area contributed by atoms with Gasteiger partial charge < -0.3 is 9.84 Å². The molecule has 0 aromatic carbocycles. The number of carbonyl (C=O) groups is 2. The molecule has 0 fully saturated rings. The van der Waals surface area contributed by atoms with Gasteiger partial charge in [0.2, 0.25) is 0 Å². The minimum absolute atomic E-state index is 0.366. The Bertz CT molecular complexity index is 510. The molecule has 0 aliphatic rings. The van der Waals surface area contributed by atoms with E-state index in [9.17, 15) is 9.59 Å². The highest BCUT2D eigenvalue weighted by atomic mass is 16.5. The lowest BCUT2D eigenvalue weighted by molar-refractivity contribution is -0.138. The van der Waals surface area contributed by atoms with Crippen molar-refractivity contribution < 1.29 is 19.4 Å². The molecule has 0 aliphatic carbocycles. The van der Waals surface area contributed by atoms with E-state index in [0.717, 1.165) is 31.4 Å². The van der Waals surface area contributed by atoms with Crippen molar-refractivity contribution in [3.05, 3.63) is 24.3 Å². The molecule has 0 amide bonds. The third-order valence-electron chi connectivity index (χ3n) is 6.26. The Morgan fingerprint density at radius 3 is 1.35 bits per heavy atom. The molecule has 0 unspecified atom stereocenters. The fourth-order valence-electron chi connectivity index (χ4n) is 4.12. The number of hydrogen-bond donors (Lipinski definition) is 1. The molecule has 0 rings (SSSR count). The summed E-state index contributed by atoms with van der Waals surface area (Å²) in [4.78, 5) is 21.5. The maximum atomic E-state index is 11.2. The third kappa shape index (κ3) is 28.5. The molecule has 0 radical (unpaired) electrons. The third-order valence-corrected chi connectivity index (χ3v) is 6.26. The van der Waals surface area contributed by atoms with Crippen LogP contribution in [0.2, 0.25) is 0 Å². The van der Waals surface area contributed by atoms with E-state index >= 15 is 0 Å². The highest BCUT2D eigenvalue weighted by Crippen LogP contribution is 2.14. The summed E-state index contributed by atoms with van der Waals surface area (Å²) in [7, 11) is 0. The SMILES string of the molecule is CCCCCCCCCCCCCCCC/C=C\CCCCCCCCOC(=O)/C=C\C(=O)O. The molecule has 34 heavy (non-hydrogen) atoms. The molecule has 0 atom stereocenters. The molecule has 0 aromatic heterocycles. The summed E-state index contributed by atoms with van der Waals surface area (Å²) in [6.07, 6.45) is 35.5. The molecule has 0 saturated heterocycles. The molecule has 0 saturated carbocycles. The van der Waals surface area contributed by atoms with Gasteiger partial charge in [0, 0.05) is 12.2 Å². The molecule has 0 spiro atoms. The predicted molar refractivity (Wildman–Crippen MR) is 144 cm³/mol. The van der Waals surface area contributed by atoms with Crippen LogP contribution in [-0.4, -0.2) is 23.7 Å². The number of ether oxygens (including phenoxy) is 1. The number of esters is 1. The van der Waals surface area contributed by atoms with Gasteiger partial charge in [0.1, 0.15) is 0 Å². The number of carboxylic acids is 1. The molecule has 0 aliphatic heterocycles. The monoisotopic (exact) mass is 478 g/mol. The maximum absolute atomic E-state index is 11.2. The first-order valence-corrected chi connectivity index (χ1v) is 14.4. The van der Waals surface area contributed by atoms with Gasteiger partial charge in [0.15, 0.2) is 0 Å². The van der Waals surface area contributed by atoms with Gasteiger partial charge >= 0.3 is 11.9 Å². The first kappa shape index (κ1) is 32.4. The molecule has 4 heteroatoms. The first-order chi connectivity index (χ1) is 16.7. The number of carboxylic acid groups (broad SMARTS) is 1. The summed E-state index contributed by atoms with van der Waals surface area (Å²) in [6, 6.07) is 0. The normalized spacial score (nSPS) is 11.6. The van der Waals surface area contributed by atoms with E-state index < -0.39 is 11.9 Å². The van der Waals surface area contributed by atoms with E-state index in [4.69, 9.17) is 9.84 Å². The zero-order valence-electron chi connectivity index (χ0n) is 22.2. The van der Waals surface area contributed by atoms with E-state index in [0.29, 0.717) is 6.61 Å². The average Bonchev–Trinajstić information content (AvgIpc) is 2.82. The Kier molecular flexibility index (Phi) is 26.4.